The molecule has 2 heteroatoms. The van der Waals surface area contributed by atoms with E-state index < -0.39 is 0 Å². The van der Waals surface area contributed by atoms with Gasteiger partial charge in [-0.15, -0.1) is 0 Å². The van der Waals surface area contributed by atoms with E-state index in [2.05, 4.69) is 0 Å². The van der Waals surface area contributed by atoms with Crippen molar-refractivity contribution in [1.82, 2.24) is 0 Å². The Bertz CT molecular complexity index is 328. The fourth-order valence-electron chi connectivity index (χ4n) is 1.33. The Hall–Kier alpha value is -0.680. The van der Waals surface area contributed by atoms with Crippen molar-refractivity contribution in [2.75, 3.05) is 0 Å². The number of benzene rings is 1. The molecule has 0 spiro atoms. The molecule has 0 nitrogen and oxygen atoms in total. The maximum atomic E-state index is 13.2. The number of rotatable bonds is 0. The Balaban J connectivity index is 2.60. The number of hydrogen-bond acceptors (Lipinski definition) is 0. The van der Waals surface area contributed by atoms with Crippen LogP contribution in [0.3, 0.4) is 0 Å². The molecule has 0 aliphatic carbocycles. The summed E-state index contributed by atoms with van der Waals surface area (Å²) < 4.78 is 13.2. The molecule has 0 N–H and O–H groups in total. The van der Waals surface area contributed by atoms with Gasteiger partial charge in [-0.3, -0.25) is 0 Å². The second-order valence-corrected chi connectivity index (χ2v) is 4.51. The van der Waals surface area contributed by atoms with Crippen LogP contribution in [0.1, 0.15) is 12.5 Å². The van der Waals surface area contributed by atoms with E-state index in [1.165, 1.54) is 5.30 Å². The minimum atomic E-state index is 0.00981. The minimum absolute atomic E-state index is 0.00981. The Morgan fingerprint density at radius 3 is 2.73 bits per heavy atom. The highest BCUT2D eigenvalue weighted by Crippen LogP contribution is 2.39. The van der Waals surface area contributed by atoms with E-state index in [9.17, 15) is 4.39 Å². The van der Waals surface area contributed by atoms with Gasteiger partial charge in [-0.1, -0.05) is 12.1 Å². The van der Waals surface area contributed by atoms with Crippen LogP contribution in [-0.2, 0) is 0 Å². The summed E-state index contributed by atoms with van der Waals surface area (Å²) in [7, 11) is 0.0558. The zero-order valence-corrected chi connectivity index (χ0v) is 7.42. The van der Waals surface area contributed by atoms with Crippen LogP contribution in [0, 0.1) is 0 Å². The third-order valence-electron chi connectivity index (χ3n) is 1.92. The van der Waals surface area contributed by atoms with E-state index in [0.29, 0.717) is 0 Å². The first-order valence-corrected chi connectivity index (χ1v) is 4.75. The van der Waals surface area contributed by atoms with Crippen molar-refractivity contribution >= 4 is 19.7 Å². The van der Waals surface area contributed by atoms with E-state index in [1.807, 2.05) is 31.2 Å². The lowest BCUT2D eigenvalue weighted by Crippen LogP contribution is -1.94. The van der Waals surface area contributed by atoms with Crippen molar-refractivity contribution in [3.05, 3.63) is 35.1 Å². The lowest BCUT2D eigenvalue weighted by molar-refractivity contribution is 0.759. The standard InChI is InChI=1S/C9H8FP/c1-6-9(10)7-4-2-3-5-8(7)11-6/h2-5,11H,1H3/p+1. The number of hydrogen-bond donors (Lipinski definition) is 0. The summed E-state index contributed by atoms with van der Waals surface area (Å²) in [6.45, 7) is 1.88. The van der Waals surface area contributed by atoms with Crippen LogP contribution in [0.2, 0.25) is 0 Å². The maximum Gasteiger partial charge on any atom is 0.171 e. The average molecular weight is 167 g/mol. The summed E-state index contributed by atoms with van der Waals surface area (Å²) in [6, 6.07) is 7.73. The predicted octanol–water partition coefficient (Wildman–Crippen LogP) is 2.39. The van der Waals surface area contributed by atoms with Crippen LogP contribution in [0.4, 0.5) is 4.39 Å². The number of allylic oxidation sites excluding steroid dienone is 1. The first-order valence-electron chi connectivity index (χ1n) is 3.59. The van der Waals surface area contributed by atoms with Crippen LogP contribution >= 0.6 is 8.58 Å². The molecule has 0 radical (unpaired) electrons. The van der Waals surface area contributed by atoms with Crippen LogP contribution in [0.15, 0.2) is 29.6 Å². The Labute approximate surface area is 66.9 Å². The maximum absolute atomic E-state index is 13.2. The smallest absolute Gasteiger partial charge is 0.171 e. The van der Waals surface area contributed by atoms with E-state index in [-0.39, 0.29) is 14.4 Å². The highest BCUT2D eigenvalue weighted by molar-refractivity contribution is 7.53. The summed E-state index contributed by atoms with van der Waals surface area (Å²) >= 11 is 0. The van der Waals surface area contributed by atoms with Gasteiger partial charge in [0.05, 0.1) is 14.1 Å². The second-order valence-electron chi connectivity index (χ2n) is 2.73. The predicted molar refractivity (Wildman–Crippen MR) is 49.5 cm³/mol. The van der Waals surface area contributed by atoms with E-state index in [0.717, 1.165) is 10.9 Å². The molecule has 1 unspecified atom stereocenters. The average Bonchev–Trinajstić information content (AvgIpc) is 2.30. The van der Waals surface area contributed by atoms with Crippen molar-refractivity contribution in [3.63, 3.8) is 0 Å². The molecule has 0 aromatic heterocycles. The fourth-order valence-corrected chi connectivity index (χ4v) is 2.67. The van der Waals surface area contributed by atoms with Crippen LogP contribution < -0.4 is 5.30 Å². The molecule has 1 aliphatic heterocycles. The first-order chi connectivity index (χ1) is 5.29. The number of halogens is 1. The molecule has 2 rings (SSSR count). The zero-order valence-electron chi connectivity index (χ0n) is 6.26. The molecule has 0 amide bonds. The highest BCUT2D eigenvalue weighted by atomic mass is 31.1. The van der Waals surface area contributed by atoms with Crippen LogP contribution in [0.5, 0.6) is 0 Å². The summed E-state index contributed by atoms with van der Waals surface area (Å²) in [6.07, 6.45) is 0. The molecule has 11 heavy (non-hydrogen) atoms. The lowest BCUT2D eigenvalue weighted by atomic mass is 10.2. The van der Waals surface area contributed by atoms with Gasteiger partial charge in [-0.25, -0.2) is 4.39 Å². The van der Waals surface area contributed by atoms with Crippen LogP contribution in [0.25, 0.3) is 5.83 Å². The highest BCUT2D eigenvalue weighted by Gasteiger charge is 2.24. The van der Waals surface area contributed by atoms with Crippen LogP contribution in [-0.4, -0.2) is 0 Å². The van der Waals surface area contributed by atoms with Gasteiger partial charge in [0.25, 0.3) is 0 Å². The van der Waals surface area contributed by atoms with Crippen molar-refractivity contribution in [2.24, 2.45) is 0 Å². The summed E-state index contributed by atoms with van der Waals surface area (Å²) in [5.74, 6) is 0.00981. The van der Waals surface area contributed by atoms with Gasteiger partial charge in [0, 0.05) is 0 Å². The van der Waals surface area contributed by atoms with Gasteiger partial charge >= 0.3 is 0 Å². The molecule has 0 saturated carbocycles. The van der Waals surface area contributed by atoms with Gasteiger partial charge in [0.2, 0.25) is 0 Å². The molecule has 1 aliphatic rings. The molecule has 0 fully saturated rings. The zero-order chi connectivity index (χ0) is 7.84. The van der Waals surface area contributed by atoms with Gasteiger partial charge in [0.15, 0.2) is 5.83 Å². The van der Waals surface area contributed by atoms with E-state index >= 15 is 0 Å². The van der Waals surface area contributed by atoms with Gasteiger partial charge in [-0.05, 0) is 19.1 Å². The first kappa shape index (κ1) is 7.00. The lowest BCUT2D eigenvalue weighted by Gasteiger charge is -1.89. The summed E-state index contributed by atoms with van der Waals surface area (Å²) in [5, 5.41) is 2.13. The molecule has 1 heterocycles. The summed E-state index contributed by atoms with van der Waals surface area (Å²) in [4.78, 5) is 0. The SMILES string of the molecule is CC1=C(F)c2ccccc2[PH2+]1. The topological polar surface area (TPSA) is 0 Å². The third-order valence-corrected chi connectivity index (χ3v) is 3.42. The molecular weight excluding hydrogens is 158 g/mol. The van der Waals surface area contributed by atoms with Crippen molar-refractivity contribution in [2.45, 2.75) is 6.92 Å². The molecule has 1 aromatic carbocycles. The van der Waals surface area contributed by atoms with Crippen molar-refractivity contribution in [1.29, 1.82) is 0 Å². The Morgan fingerprint density at radius 2 is 2.00 bits per heavy atom. The summed E-state index contributed by atoms with van der Waals surface area (Å²) in [5.41, 5.74) is 0.819. The molecule has 1 aromatic rings. The molecule has 0 bridgehead atoms. The number of fused-ring (bicyclic) bond motifs is 1. The van der Waals surface area contributed by atoms with Gasteiger partial charge in [-0.2, -0.15) is 0 Å². The minimum Gasteiger partial charge on any atom is -0.202 e. The molecule has 0 saturated heterocycles. The molecule has 1 atom stereocenters. The van der Waals surface area contributed by atoms with Gasteiger partial charge < -0.3 is 0 Å². The van der Waals surface area contributed by atoms with Gasteiger partial charge in [0.1, 0.15) is 10.6 Å². The quantitative estimate of drug-likeness (QED) is 0.520. The second kappa shape index (κ2) is 2.42. The van der Waals surface area contributed by atoms with E-state index in [4.69, 9.17) is 0 Å². The monoisotopic (exact) mass is 167 g/mol. The fraction of sp³-hybridized carbons (Fsp3) is 0.111. The normalized spacial score (nSPS) is 17.6. The molecular formula is C9H9FP+. The van der Waals surface area contributed by atoms with Crippen molar-refractivity contribution < 1.29 is 4.39 Å². The Morgan fingerprint density at radius 1 is 1.27 bits per heavy atom. The largest absolute Gasteiger partial charge is 0.202 e. The van der Waals surface area contributed by atoms with E-state index in [1.54, 1.807) is 0 Å². The Kier molecular flexibility index (Phi) is 1.54. The third kappa shape index (κ3) is 1.00. The van der Waals surface area contributed by atoms with Crippen molar-refractivity contribution in [3.8, 4) is 0 Å². The molecule has 56 valence electrons.